The summed E-state index contributed by atoms with van der Waals surface area (Å²) in [5.41, 5.74) is 6.60. The predicted molar refractivity (Wildman–Crippen MR) is 63.9 cm³/mol. The lowest BCUT2D eigenvalue weighted by Gasteiger charge is -2.06. The summed E-state index contributed by atoms with van der Waals surface area (Å²) in [5, 5.41) is 0. The maximum absolute atomic E-state index is 12.9. The van der Waals surface area contributed by atoms with Crippen molar-refractivity contribution in [2.24, 2.45) is 5.73 Å². The zero-order valence-corrected chi connectivity index (χ0v) is 10.4. The first kappa shape index (κ1) is 12.0. The molecule has 1 aromatic carbocycles. The first-order valence-corrected chi connectivity index (χ1v) is 6.31. The van der Waals surface area contributed by atoms with Crippen LogP contribution >= 0.6 is 27.7 Å². The van der Waals surface area contributed by atoms with E-state index in [0.717, 1.165) is 21.5 Å². The number of halogens is 2. The highest BCUT2D eigenvalue weighted by atomic mass is 79.9. The molecule has 0 aliphatic rings. The van der Waals surface area contributed by atoms with Crippen molar-refractivity contribution < 1.29 is 4.39 Å². The standard InChI is InChI=1S/C10H13BrFNS/c1-7(13)5-14-6-8-4-9(12)2-3-10(8)11/h2-4,7H,5-6,13H2,1H3. The molecule has 1 rings (SSSR count). The molecule has 1 aromatic rings. The normalized spacial score (nSPS) is 12.9. The highest BCUT2D eigenvalue weighted by molar-refractivity contribution is 9.10. The lowest BCUT2D eigenvalue weighted by Crippen LogP contribution is -2.17. The van der Waals surface area contributed by atoms with Gasteiger partial charge in [-0.3, -0.25) is 0 Å². The average molecular weight is 278 g/mol. The van der Waals surface area contributed by atoms with Gasteiger partial charge in [0.2, 0.25) is 0 Å². The lowest BCUT2D eigenvalue weighted by atomic mass is 10.2. The van der Waals surface area contributed by atoms with Crippen molar-refractivity contribution in [3.05, 3.63) is 34.1 Å². The Balaban J connectivity index is 2.53. The van der Waals surface area contributed by atoms with E-state index in [1.165, 1.54) is 6.07 Å². The molecular weight excluding hydrogens is 265 g/mol. The molecule has 0 saturated carbocycles. The van der Waals surface area contributed by atoms with Crippen LogP contribution in [0.2, 0.25) is 0 Å². The number of hydrogen-bond donors (Lipinski definition) is 1. The van der Waals surface area contributed by atoms with Crippen LogP contribution in [0.4, 0.5) is 4.39 Å². The van der Waals surface area contributed by atoms with Crippen molar-refractivity contribution in [3.8, 4) is 0 Å². The summed E-state index contributed by atoms with van der Waals surface area (Å²) in [4.78, 5) is 0. The van der Waals surface area contributed by atoms with Gasteiger partial charge in [-0.2, -0.15) is 11.8 Å². The Morgan fingerprint density at radius 3 is 2.93 bits per heavy atom. The van der Waals surface area contributed by atoms with Gasteiger partial charge in [-0.1, -0.05) is 15.9 Å². The summed E-state index contributed by atoms with van der Waals surface area (Å²) in [6, 6.07) is 4.92. The van der Waals surface area contributed by atoms with Crippen molar-refractivity contribution >= 4 is 27.7 Å². The van der Waals surface area contributed by atoms with Crippen LogP contribution in [0, 0.1) is 5.82 Å². The Bertz CT molecular complexity index is 304. The zero-order chi connectivity index (χ0) is 10.6. The summed E-state index contributed by atoms with van der Waals surface area (Å²) in [7, 11) is 0. The second-order valence-electron chi connectivity index (χ2n) is 3.23. The van der Waals surface area contributed by atoms with E-state index in [-0.39, 0.29) is 11.9 Å². The van der Waals surface area contributed by atoms with Gasteiger partial charge in [0.1, 0.15) is 5.82 Å². The molecule has 0 aliphatic carbocycles. The Morgan fingerprint density at radius 1 is 1.57 bits per heavy atom. The molecule has 0 amide bonds. The van der Waals surface area contributed by atoms with Crippen LogP contribution in [0.3, 0.4) is 0 Å². The van der Waals surface area contributed by atoms with E-state index < -0.39 is 0 Å². The van der Waals surface area contributed by atoms with Gasteiger partial charge in [0.05, 0.1) is 0 Å². The van der Waals surface area contributed by atoms with Crippen molar-refractivity contribution in [1.29, 1.82) is 0 Å². The van der Waals surface area contributed by atoms with Crippen molar-refractivity contribution in [2.45, 2.75) is 18.7 Å². The molecule has 0 fully saturated rings. The maximum Gasteiger partial charge on any atom is 0.123 e. The van der Waals surface area contributed by atoms with Crippen LogP contribution in [0.25, 0.3) is 0 Å². The lowest BCUT2D eigenvalue weighted by molar-refractivity contribution is 0.626. The molecule has 4 heteroatoms. The van der Waals surface area contributed by atoms with Crippen molar-refractivity contribution in [1.82, 2.24) is 0 Å². The third-order valence-corrected chi connectivity index (χ3v) is 3.70. The molecular formula is C10H13BrFNS. The topological polar surface area (TPSA) is 26.0 Å². The molecule has 1 nitrogen and oxygen atoms in total. The van der Waals surface area contributed by atoms with E-state index in [0.29, 0.717) is 0 Å². The monoisotopic (exact) mass is 277 g/mol. The van der Waals surface area contributed by atoms with Crippen molar-refractivity contribution in [3.63, 3.8) is 0 Å². The summed E-state index contributed by atoms with van der Waals surface area (Å²) in [5.74, 6) is 1.49. The van der Waals surface area contributed by atoms with Crippen LogP contribution in [0.15, 0.2) is 22.7 Å². The van der Waals surface area contributed by atoms with E-state index >= 15 is 0 Å². The van der Waals surface area contributed by atoms with Gasteiger partial charge < -0.3 is 5.73 Å². The fraction of sp³-hybridized carbons (Fsp3) is 0.400. The second kappa shape index (κ2) is 5.73. The highest BCUT2D eigenvalue weighted by Gasteiger charge is 2.02. The molecule has 14 heavy (non-hydrogen) atoms. The SMILES string of the molecule is CC(N)CSCc1cc(F)ccc1Br. The molecule has 0 bridgehead atoms. The Kier molecular flexibility index (Phi) is 4.92. The molecule has 0 aliphatic heterocycles. The molecule has 1 unspecified atom stereocenters. The van der Waals surface area contributed by atoms with Gasteiger partial charge in [-0.15, -0.1) is 0 Å². The first-order valence-electron chi connectivity index (χ1n) is 4.37. The zero-order valence-electron chi connectivity index (χ0n) is 7.97. The van der Waals surface area contributed by atoms with Gasteiger partial charge in [0.15, 0.2) is 0 Å². The van der Waals surface area contributed by atoms with E-state index in [2.05, 4.69) is 15.9 Å². The van der Waals surface area contributed by atoms with E-state index in [4.69, 9.17) is 5.73 Å². The van der Waals surface area contributed by atoms with E-state index in [1.54, 1.807) is 23.9 Å². The second-order valence-corrected chi connectivity index (χ2v) is 5.11. The fourth-order valence-electron chi connectivity index (χ4n) is 1.01. The third kappa shape index (κ3) is 3.98. The Hall–Kier alpha value is -0.0600. The summed E-state index contributed by atoms with van der Waals surface area (Å²) < 4.78 is 13.8. The minimum absolute atomic E-state index is 0.187. The first-order chi connectivity index (χ1) is 6.59. The molecule has 0 aromatic heterocycles. The van der Waals surface area contributed by atoms with E-state index in [9.17, 15) is 4.39 Å². The van der Waals surface area contributed by atoms with Crippen LogP contribution in [0.1, 0.15) is 12.5 Å². The minimum atomic E-state index is -0.190. The highest BCUT2D eigenvalue weighted by Crippen LogP contribution is 2.22. The quantitative estimate of drug-likeness (QED) is 0.915. The molecule has 0 heterocycles. The molecule has 1 atom stereocenters. The Morgan fingerprint density at radius 2 is 2.29 bits per heavy atom. The van der Waals surface area contributed by atoms with Gasteiger partial charge in [0, 0.05) is 22.0 Å². The average Bonchev–Trinajstić information content (AvgIpc) is 2.10. The van der Waals surface area contributed by atoms with Gasteiger partial charge in [-0.05, 0) is 30.7 Å². The molecule has 2 N–H and O–H groups in total. The predicted octanol–water partition coefficient (Wildman–Crippen LogP) is 3.17. The minimum Gasteiger partial charge on any atom is -0.327 e. The smallest absolute Gasteiger partial charge is 0.123 e. The molecule has 0 spiro atoms. The number of hydrogen-bond acceptors (Lipinski definition) is 2. The van der Waals surface area contributed by atoms with Crippen LogP contribution in [-0.2, 0) is 5.75 Å². The van der Waals surface area contributed by atoms with E-state index in [1.807, 2.05) is 6.92 Å². The summed E-state index contributed by atoms with van der Waals surface area (Å²) in [6.07, 6.45) is 0. The number of rotatable bonds is 4. The molecule has 0 saturated heterocycles. The summed E-state index contributed by atoms with van der Waals surface area (Å²) >= 11 is 5.10. The van der Waals surface area contributed by atoms with Gasteiger partial charge in [0.25, 0.3) is 0 Å². The maximum atomic E-state index is 12.9. The summed E-state index contributed by atoms with van der Waals surface area (Å²) in [6.45, 7) is 1.97. The van der Waals surface area contributed by atoms with Crippen LogP contribution in [-0.4, -0.2) is 11.8 Å². The number of benzene rings is 1. The fourth-order valence-corrected chi connectivity index (χ4v) is 2.53. The number of nitrogens with two attached hydrogens (primary N) is 1. The Labute approximate surface area is 96.4 Å². The largest absolute Gasteiger partial charge is 0.327 e. The van der Waals surface area contributed by atoms with Gasteiger partial charge in [-0.25, -0.2) is 4.39 Å². The molecule has 0 radical (unpaired) electrons. The van der Waals surface area contributed by atoms with Crippen LogP contribution < -0.4 is 5.73 Å². The number of thioether (sulfide) groups is 1. The third-order valence-electron chi connectivity index (χ3n) is 1.65. The van der Waals surface area contributed by atoms with Crippen molar-refractivity contribution in [2.75, 3.05) is 5.75 Å². The van der Waals surface area contributed by atoms with Crippen LogP contribution in [0.5, 0.6) is 0 Å². The molecule has 78 valence electrons. The van der Waals surface area contributed by atoms with Gasteiger partial charge >= 0.3 is 0 Å².